The van der Waals surface area contributed by atoms with Crippen molar-refractivity contribution < 1.29 is 9.59 Å². The van der Waals surface area contributed by atoms with Crippen LogP contribution in [-0.4, -0.2) is 73.0 Å². The first-order valence-electron chi connectivity index (χ1n) is 15.3. The molecular weight excluding hydrogens is 532 g/mol. The topological polar surface area (TPSA) is 64.7 Å². The van der Waals surface area contributed by atoms with E-state index in [0.29, 0.717) is 29.6 Å². The van der Waals surface area contributed by atoms with Gasteiger partial charge in [-0.15, -0.1) is 0 Å². The third-order valence-electron chi connectivity index (χ3n) is 8.75. The maximum atomic E-state index is 13.9. The molecule has 2 heterocycles. The Morgan fingerprint density at radius 2 is 1.76 bits per heavy atom. The van der Waals surface area contributed by atoms with E-state index >= 15 is 0 Å². The molecule has 2 N–H and O–H groups in total. The third kappa shape index (κ3) is 7.88. The molecule has 2 amide bonds. The summed E-state index contributed by atoms with van der Waals surface area (Å²) in [5.74, 6) is 0.399. The number of piperidine rings is 1. The van der Waals surface area contributed by atoms with E-state index in [-0.39, 0.29) is 23.9 Å². The van der Waals surface area contributed by atoms with Gasteiger partial charge in [0.05, 0.1) is 6.04 Å². The zero-order valence-electron chi connectivity index (χ0n) is 24.2. The van der Waals surface area contributed by atoms with Gasteiger partial charge in [-0.25, -0.2) is 0 Å². The Labute approximate surface area is 249 Å². The fraction of sp³-hybridized carbons (Fsp3) is 0.471. The summed E-state index contributed by atoms with van der Waals surface area (Å²) in [6, 6.07) is 21.7. The lowest BCUT2D eigenvalue weighted by atomic mass is 9.95. The molecule has 0 spiro atoms. The second-order valence-electron chi connectivity index (χ2n) is 11.6. The van der Waals surface area contributed by atoms with Crippen molar-refractivity contribution in [2.75, 3.05) is 39.3 Å². The summed E-state index contributed by atoms with van der Waals surface area (Å²) in [7, 11) is 0. The highest BCUT2D eigenvalue weighted by atomic mass is 35.5. The van der Waals surface area contributed by atoms with E-state index in [1.54, 1.807) is 0 Å². The van der Waals surface area contributed by atoms with Crippen LogP contribution >= 0.6 is 11.6 Å². The molecule has 2 fully saturated rings. The molecule has 2 aliphatic heterocycles. The molecule has 0 aliphatic carbocycles. The molecule has 41 heavy (non-hydrogen) atoms. The number of hydrogen-bond donors (Lipinski definition) is 2. The van der Waals surface area contributed by atoms with Gasteiger partial charge in [-0.05, 0) is 85.8 Å². The average molecular weight is 575 g/mol. The standard InChI is InChI=1S/C34H43ClN4O2/c1-2-25(26-9-5-3-6-10-26)24-39-20-15-31(37-32(34(39)41)16-19-38-17-7-4-8-18-38)23-36-33(40)29-12-11-28-22-30(35)14-13-27(28)21-29/h3,5-6,9-14,21-22,25,31-32,37H,2,4,7-8,15-20,23-24H2,1H3,(H,36,40)/t25-,31-,32+/m0/s1. The molecular formula is C34H43ClN4O2. The summed E-state index contributed by atoms with van der Waals surface area (Å²) in [6.45, 7) is 7.25. The molecule has 6 nitrogen and oxygen atoms in total. The number of amides is 2. The van der Waals surface area contributed by atoms with Crippen LogP contribution in [-0.2, 0) is 4.79 Å². The van der Waals surface area contributed by atoms with E-state index < -0.39 is 0 Å². The van der Waals surface area contributed by atoms with Gasteiger partial charge in [0.15, 0.2) is 0 Å². The summed E-state index contributed by atoms with van der Waals surface area (Å²) >= 11 is 6.12. The largest absolute Gasteiger partial charge is 0.350 e. The van der Waals surface area contributed by atoms with E-state index in [4.69, 9.17) is 11.6 Å². The fourth-order valence-electron chi connectivity index (χ4n) is 6.26. The van der Waals surface area contributed by atoms with Crippen LogP contribution in [0.5, 0.6) is 0 Å². The van der Waals surface area contributed by atoms with Crippen LogP contribution in [0.1, 0.15) is 67.3 Å². The second kappa shape index (κ2) is 14.3. The minimum Gasteiger partial charge on any atom is -0.350 e. The average Bonchev–Trinajstić information content (AvgIpc) is 3.16. The number of benzene rings is 3. The molecule has 2 aliphatic rings. The Kier molecular flexibility index (Phi) is 10.3. The van der Waals surface area contributed by atoms with Crippen molar-refractivity contribution in [2.45, 2.75) is 63.5 Å². The Bertz CT molecular complexity index is 1310. The van der Waals surface area contributed by atoms with Crippen molar-refractivity contribution in [2.24, 2.45) is 0 Å². The lowest BCUT2D eigenvalue weighted by molar-refractivity contribution is -0.133. The van der Waals surface area contributed by atoms with Gasteiger partial charge in [-0.2, -0.15) is 0 Å². The zero-order valence-corrected chi connectivity index (χ0v) is 24.9. The molecule has 5 rings (SSSR count). The van der Waals surface area contributed by atoms with Crippen LogP contribution in [0.15, 0.2) is 66.7 Å². The van der Waals surface area contributed by atoms with Crippen molar-refractivity contribution in [3.05, 3.63) is 82.9 Å². The quantitative estimate of drug-likeness (QED) is 0.319. The van der Waals surface area contributed by atoms with Crippen LogP contribution < -0.4 is 10.6 Å². The fourth-order valence-corrected chi connectivity index (χ4v) is 6.44. The third-order valence-corrected chi connectivity index (χ3v) is 8.99. The summed E-state index contributed by atoms with van der Waals surface area (Å²) in [5, 5.41) is 9.48. The van der Waals surface area contributed by atoms with Crippen molar-refractivity contribution in [3.8, 4) is 0 Å². The monoisotopic (exact) mass is 574 g/mol. The minimum absolute atomic E-state index is 0.0234. The van der Waals surface area contributed by atoms with Crippen molar-refractivity contribution in [3.63, 3.8) is 0 Å². The SMILES string of the molecule is CC[C@@H](CN1CC[C@@H](CNC(=O)c2ccc3cc(Cl)ccc3c2)N[C@H](CCN2CCCCC2)C1=O)c1ccccc1. The number of nitrogens with one attached hydrogen (secondary N) is 2. The molecule has 3 atom stereocenters. The molecule has 7 heteroatoms. The highest BCUT2D eigenvalue weighted by Gasteiger charge is 2.32. The van der Waals surface area contributed by atoms with E-state index in [0.717, 1.165) is 56.2 Å². The van der Waals surface area contributed by atoms with E-state index in [2.05, 4.69) is 51.6 Å². The van der Waals surface area contributed by atoms with Crippen molar-refractivity contribution in [1.82, 2.24) is 20.4 Å². The molecule has 0 bridgehead atoms. The number of rotatable bonds is 10. The maximum absolute atomic E-state index is 13.9. The van der Waals surface area contributed by atoms with Crippen molar-refractivity contribution >= 4 is 34.2 Å². The molecule has 0 aromatic heterocycles. The van der Waals surface area contributed by atoms with E-state index in [9.17, 15) is 9.59 Å². The number of nitrogens with zero attached hydrogens (tertiary/aromatic N) is 2. The van der Waals surface area contributed by atoms with Gasteiger partial charge in [0.25, 0.3) is 5.91 Å². The smallest absolute Gasteiger partial charge is 0.251 e. The van der Waals surface area contributed by atoms with Crippen LogP contribution in [0, 0.1) is 0 Å². The van der Waals surface area contributed by atoms with Gasteiger partial charge in [0.1, 0.15) is 0 Å². The molecule has 3 aromatic rings. The Morgan fingerprint density at radius 1 is 1.00 bits per heavy atom. The highest BCUT2D eigenvalue weighted by Crippen LogP contribution is 2.24. The summed E-state index contributed by atoms with van der Waals surface area (Å²) in [5.41, 5.74) is 1.91. The van der Waals surface area contributed by atoms with Crippen molar-refractivity contribution in [1.29, 1.82) is 0 Å². The number of carbonyl (C=O) groups is 2. The first kappa shape index (κ1) is 29.6. The Hall–Kier alpha value is -2.93. The van der Waals surface area contributed by atoms with Gasteiger partial charge >= 0.3 is 0 Å². The summed E-state index contributed by atoms with van der Waals surface area (Å²) < 4.78 is 0. The Morgan fingerprint density at radius 3 is 2.54 bits per heavy atom. The number of hydrogen-bond acceptors (Lipinski definition) is 4. The zero-order chi connectivity index (χ0) is 28.6. The predicted molar refractivity (Wildman–Crippen MR) is 168 cm³/mol. The van der Waals surface area contributed by atoms with Crippen LogP contribution in [0.3, 0.4) is 0 Å². The lowest BCUT2D eigenvalue weighted by Gasteiger charge is -2.31. The Balaban J connectivity index is 1.26. The molecule has 3 aromatic carbocycles. The van der Waals surface area contributed by atoms with Crippen LogP contribution in [0.2, 0.25) is 5.02 Å². The van der Waals surface area contributed by atoms with Crippen LogP contribution in [0.25, 0.3) is 10.8 Å². The van der Waals surface area contributed by atoms with Gasteiger partial charge in [0, 0.05) is 48.7 Å². The summed E-state index contributed by atoms with van der Waals surface area (Å²) in [4.78, 5) is 31.6. The molecule has 0 saturated carbocycles. The van der Waals surface area contributed by atoms with Gasteiger partial charge < -0.3 is 20.4 Å². The molecule has 0 radical (unpaired) electrons. The van der Waals surface area contributed by atoms with Crippen LogP contribution in [0.4, 0.5) is 0 Å². The minimum atomic E-state index is -0.250. The number of halogens is 1. The lowest BCUT2D eigenvalue weighted by Crippen LogP contribution is -2.50. The first-order chi connectivity index (χ1) is 20.0. The van der Waals surface area contributed by atoms with Gasteiger partial charge in [0.2, 0.25) is 5.91 Å². The van der Waals surface area contributed by atoms with Gasteiger partial charge in [-0.1, -0.05) is 67.4 Å². The number of fused-ring (bicyclic) bond motifs is 1. The molecule has 2 saturated heterocycles. The highest BCUT2D eigenvalue weighted by molar-refractivity contribution is 6.31. The normalized spacial score (nSPS) is 21.0. The second-order valence-corrected chi connectivity index (χ2v) is 12.0. The maximum Gasteiger partial charge on any atom is 0.251 e. The first-order valence-corrected chi connectivity index (χ1v) is 15.7. The van der Waals surface area contributed by atoms with Gasteiger partial charge in [-0.3, -0.25) is 9.59 Å². The summed E-state index contributed by atoms with van der Waals surface area (Å²) in [6.07, 6.45) is 6.35. The molecule has 0 unspecified atom stereocenters. The number of likely N-dealkylation sites (tertiary alicyclic amines) is 1. The molecule has 218 valence electrons. The van der Waals surface area contributed by atoms with E-state index in [1.165, 1.54) is 24.8 Å². The number of carbonyl (C=O) groups excluding carboxylic acids is 2. The predicted octanol–water partition coefficient (Wildman–Crippen LogP) is 5.85. The van der Waals surface area contributed by atoms with E-state index in [1.807, 2.05) is 42.5 Å².